The summed E-state index contributed by atoms with van der Waals surface area (Å²) in [5.74, 6) is 2.53. The van der Waals surface area contributed by atoms with Crippen molar-refractivity contribution in [1.29, 1.82) is 0 Å². The maximum Gasteiger partial charge on any atom is 0.321 e. The summed E-state index contributed by atoms with van der Waals surface area (Å²) in [5, 5.41) is 8.42. The van der Waals surface area contributed by atoms with Crippen LogP contribution in [0.3, 0.4) is 0 Å². The van der Waals surface area contributed by atoms with Crippen LogP contribution in [-0.2, 0) is 13.6 Å². The van der Waals surface area contributed by atoms with Crippen LogP contribution in [0.5, 0.6) is 0 Å². The van der Waals surface area contributed by atoms with Gasteiger partial charge in [-0.1, -0.05) is 29.9 Å². The number of fused-ring (bicyclic) bond motifs is 2. The highest BCUT2D eigenvalue weighted by Crippen LogP contribution is 2.57. The molecule has 2 aliphatic rings. The van der Waals surface area contributed by atoms with E-state index in [1.807, 2.05) is 6.07 Å². The second-order valence-electron chi connectivity index (χ2n) is 8.09. The molecule has 0 N–H and O–H groups in total. The normalized spacial score (nSPS) is 21.9. The zero-order chi connectivity index (χ0) is 21.1. The Morgan fingerprint density at radius 3 is 2.74 bits per heavy atom. The van der Waals surface area contributed by atoms with Gasteiger partial charge in [0.25, 0.3) is 5.56 Å². The third-order valence-electron chi connectivity index (χ3n) is 6.28. The molecule has 1 aliphatic heterocycles. The molecule has 10 heteroatoms. The Morgan fingerprint density at radius 1 is 1.23 bits per heavy atom. The van der Waals surface area contributed by atoms with Crippen LogP contribution in [0, 0.1) is 18.4 Å². The Balaban J connectivity index is 1.22. The number of rotatable bonds is 4. The van der Waals surface area contributed by atoms with Crippen molar-refractivity contribution in [3.8, 4) is 0 Å². The molecule has 3 aromatic heterocycles. The van der Waals surface area contributed by atoms with E-state index in [1.54, 1.807) is 7.05 Å². The fraction of sp³-hybridized carbons (Fsp3) is 0.333. The minimum atomic E-state index is -0.273. The van der Waals surface area contributed by atoms with Gasteiger partial charge in [0.1, 0.15) is 12.1 Å². The highest BCUT2D eigenvalue weighted by atomic mass is 16.5. The van der Waals surface area contributed by atoms with Crippen molar-refractivity contribution in [2.24, 2.45) is 18.9 Å². The van der Waals surface area contributed by atoms with Gasteiger partial charge in [0.15, 0.2) is 11.3 Å². The van der Waals surface area contributed by atoms with Crippen molar-refractivity contribution < 1.29 is 4.52 Å². The van der Waals surface area contributed by atoms with Crippen LogP contribution in [0.1, 0.15) is 17.6 Å². The Bertz CT molecular complexity index is 1380. The quantitative estimate of drug-likeness (QED) is 0.471. The second-order valence-corrected chi connectivity index (χ2v) is 8.09. The van der Waals surface area contributed by atoms with Gasteiger partial charge < -0.3 is 18.8 Å². The lowest BCUT2D eigenvalue weighted by molar-refractivity contribution is 0.362. The average molecular weight is 414 g/mol. The molecule has 6 rings (SSSR count). The Hall–Kier alpha value is -4.00. The van der Waals surface area contributed by atoms with Gasteiger partial charge in [-0.2, -0.15) is 9.67 Å². The molecule has 1 unspecified atom stereocenters. The maximum atomic E-state index is 12.6. The molecular weight excluding hydrogens is 396 g/mol. The van der Waals surface area contributed by atoms with Gasteiger partial charge >= 0.3 is 5.82 Å². The van der Waals surface area contributed by atoms with E-state index in [4.69, 9.17) is 11.1 Å². The number of nitrogens with zero attached hydrogens (tertiary/aromatic N) is 8. The predicted octanol–water partition coefficient (Wildman–Crippen LogP) is 1.96. The monoisotopic (exact) mass is 414 g/mol. The molecule has 1 saturated carbocycles. The Labute approximate surface area is 176 Å². The topological polar surface area (TPSA) is 99.2 Å². The number of hydrogen-bond donors (Lipinski definition) is 0. The molecule has 0 amide bonds. The average Bonchev–Trinajstić information content (AvgIpc) is 3.20. The summed E-state index contributed by atoms with van der Waals surface area (Å²) in [6.45, 7) is 9.41. The summed E-state index contributed by atoms with van der Waals surface area (Å²) in [4.78, 5) is 27.1. The molecule has 1 aromatic carbocycles. The van der Waals surface area contributed by atoms with Gasteiger partial charge in [-0.3, -0.25) is 4.79 Å². The second kappa shape index (κ2) is 6.50. The van der Waals surface area contributed by atoms with Crippen LogP contribution in [0.4, 0.5) is 11.5 Å². The molecule has 1 aliphatic carbocycles. The van der Waals surface area contributed by atoms with E-state index in [9.17, 15) is 4.79 Å². The van der Waals surface area contributed by atoms with Gasteiger partial charge in [0, 0.05) is 31.7 Å². The summed E-state index contributed by atoms with van der Waals surface area (Å²) < 4.78 is 8.26. The van der Waals surface area contributed by atoms with E-state index in [2.05, 4.69) is 54.2 Å². The number of aryl methyl sites for hydroxylation is 1. The predicted molar refractivity (Wildman–Crippen MR) is 111 cm³/mol. The van der Waals surface area contributed by atoms with Crippen molar-refractivity contribution in [3.05, 3.63) is 70.1 Å². The number of piperidine rings is 1. The number of para-hydroxylation sites is 1. The van der Waals surface area contributed by atoms with Crippen molar-refractivity contribution in [1.82, 2.24) is 29.5 Å². The molecule has 0 spiro atoms. The van der Waals surface area contributed by atoms with E-state index < -0.39 is 0 Å². The summed E-state index contributed by atoms with van der Waals surface area (Å²) >= 11 is 0. The van der Waals surface area contributed by atoms with Crippen molar-refractivity contribution in [2.45, 2.75) is 12.5 Å². The van der Waals surface area contributed by atoms with Crippen LogP contribution in [-0.4, -0.2) is 42.6 Å². The number of anilines is 1. The van der Waals surface area contributed by atoms with Crippen LogP contribution < -0.4 is 10.5 Å². The number of benzene rings is 1. The number of hydrogen-bond acceptors (Lipinski definition) is 7. The van der Waals surface area contributed by atoms with E-state index in [0.717, 1.165) is 13.1 Å². The first-order valence-corrected chi connectivity index (χ1v) is 10.1. The van der Waals surface area contributed by atoms with Gasteiger partial charge in [-0.15, -0.1) is 0 Å². The Morgan fingerprint density at radius 2 is 2.00 bits per heavy atom. The molecular formula is C21H18N8O2. The minimum absolute atomic E-state index is 0.0881. The highest BCUT2D eigenvalue weighted by molar-refractivity contribution is 5.85. The molecule has 3 atom stereocenters. The number of aromatic nitrogens is 6. The minimum Gasteiger partial charge on any atom is -0.371 e. The van der Waals surface area contributed by atoms with Crippen LogP contribution >= 0.6 is 0 Å². The molecule has 1 saturated heterocycles. The SMILES string of the molecule is [C-]#[N+]c1nn(Cc2nc(C3[C@H]4CN(c5ccccc5)C[C@@H]34)no2)c2c(=O)n(C)cnc12. The van der Waals surface area contributed by atoms with Crippen LogP contribution in [0.15, 0.2) is 46.0 Å². The van der Waals surface area contributed by atoms with Gasteiger partial charge in [-0.05, 0) is 29.1 Å². The molecule has 0 radical (unpaired) electrons. The Kier molecular flexibility index (Phi) is 3.74. The first kappa shape index (κ1) is 17.8. The van der Waals surface area contributed by atoms with Crippen molar-refractivity contribution in [2.75, 3.05) is 18.0 Å². The maximum absolute atomic E-state index is 12.6. The summed E-state index contributed by atoms with van der Waals surface area (Å²) in [5.41, 5.74) is 1.52. The summed E-state index contributed by atoms with van der Waals surface area (Å²) in [6, 6.07) is 10.4. The molecule has 154 valence electrons. The van der Waals surface area contributed by atoms with Crippen molar-refractivity contribution in [3.63, 3.8) is 0 Å². The molecule has 2 fully saturated rings. The standard InChI is InChI=1S/C21H18N8O2/c1-22-20-17-18(21(30)27(2)11-23-17)29(25-20)10-15-24-19(26-31-15)16-13-8-28(9-14(13)16)12-6-4-3-5-7-12/h3-7,11,13-14,16H,8-10H2,2H3/t13-,14+,16?. The smallest absolute Gasteiger partial charge is 0.321 e. The van der Waals surface area contributed by atoms with E-state index in [0.29, 0.717) is 29.5 Å². The first-order chi connectivity index (χ1) is 15.1. The first-order valence-electron chi connectivity index (χ1n) is 10.1. The highest BCUT2D eigenvalue weighted by Gasteiger charge is 2.58. The lowest BCUT2D eigenvalue weighted by Crippen LogP contribution is -2.23. The lowest BCUT2D eigenvalue weighted by atomic mass is 10.2. The van der Waals surface area contributed by atoms with Crippen LogP contribution in [0.25, 0.3) is 15.9 Å². The van der Waals surface area contributed by atoms with Gasteiger partial charge in [0.05, 0.1) is 6.33 Å². The fourth-order valence-electron chi connectivity index (χ4n) is 4.68. The van der Waals surface area contributed by atoms with E-state index in [1.165, 1.54) is 21.3 Å². The summed E-state index contributed by atoms with van der Waals surface area (Å²) in [7, 11) is 1.61. The molecule has 0 bridgehead atoms. The van der Waals surface area contributed by atoms with E-state index >= 15 is 0 Å². The zero-order valence-corrected chi connectivity index (χ0v) is 16.7. The van der Waals surface area contributed by atoms with Gasteiger partial charge in [0.2, 0.25) is 5.89 Å². The van der Waals surface area contributed by atoms with Gasteiger partial charge in [-0.25, -0.2) is 4.98 Å². The third kappa shape index (κ3) is 2.73. The zero-order valence-electron chi connectivity index (χ0n) is 16.7. The van der Waals surface area contributed by atoms with Crippen LogP contribution in [0.2, 0.25) is 0 Å². The molecule has 4 heterocycles. The molecule has 10 nitrogen and oxygen atoms in total. The third-order valence-corrected chi connectivity index (χ3v) is 6.28. The molecule has 31 heavy (non-hydrogen) atoms. The molecule has 4 aromatic rings. The largest absolute Gasteiger partial charge is 0.371 e. The fourth-order valence-corrected chi connectivity index (χ4v) is 4.68. The lowest BCUT2D eigenvalue weighted by Gasteiger charge is -2.21. The van der Waals surface area contributed by atoms with Crippen molar-refractivity contribution >= 4 is 22.5 Å². The summed E-state index contributed by atoms with van der Waals surface area (Å²) in [6.07, 6.45) is 1.39. The van der Waals surface area contributed by atoms with E-state index in [-0.39, 0.29) is 29.0 Å².